The Morgan fingerprint density at radius 1 is 1.23 bits per heavy atom. The molecular formula is C21H24Cl2N3. The molecule has 1 aliphatic carbocycles. The minimum atomic E-state index is 0.368. The summed E-state index contributed by atoms with van der Waals surface area (Å²) in [6.07, 6.45) is 9.32. The highest BCUT2D eigenvalue weighted by Gasteiger charge is 2.42. The van der Waals surface area contributed by atoms with Crippen molar-refractivity contribution >= 4 is 28.9 Å². The standard InChI is InChI=1S/C21H24Cl2N3/c1-14-12-15(13-25-20(14)16-4-2-5-17(22)19(16)23)26-10-8-21(9-11-26)7-3-6-18(21)24/h2,4-5,12,18H,3,6-11,24H2,1H3/t18-/m1/s1. The molecule has 2 heterocycles. The Morgan fingerprint density at radius 3 is 2.65 bits per heavy atom. The zero-order chi connectivity index (χ0) is 18.3. The number of nitrogens with zero attached hydrogens (tertiary/aromatic N) is 2. The van der Waals surface area contributed by atoms with Gasteiger partial charge in [0.05, 0.1) is 21.4 Å². The van der Waals surface area contributed by atoms with Crippen molar-refractivity contribution < 1.29 is 0 Å². The third kappa shape index (κ3) is 3.11. The van der Waals surface area contributed by atoms with Crippen LogP contribution in [0.1, 0.15) is 37.7 Å². The van der Waals surface area contributed by atoms with E-state index in [0.29, 0.717) is 21.5 Å². The van der Waals surface area contributed by atoms with Crippen LogP contribution in [0.4, 0.5) is 5.69 Å². The van der Waals surface area contributed by atoms with E-state index in [-0.39, 0.29) is 0 Å². The van der Waals surface area contributed by atoms with Crippen molar-refractivity contribution in [2.24, 2.45) is 11.1 Å². The summed E-state index contributed by atoms with van der Waals surface area (Å²) in [7, 11) is 0. The molecule has 1 aromatic carbocycles. The van der Waals surface area contributed by atoms with E-state index >= 15 is 0 Å². The first-order valence-electron chi connectivity index (χ1n) is 9.34. The molecule has 1 radical (unpaired) electrons. The number of hydrogen-bond donors (Lipinski definition) is 1. The average Bonchev–Trinajstić information content (AvgIpc) is 2.98. The zero-order valence-electron chi connectivity index (χ0n) is 15.1. The second kappa shape index (κ2) is 7.03. The lowest BCUT2D eigenvalue weighted by Gasteiger charge is -2.42. The molecule has 1 saturated heterocycles. The van der Waals surface area contributed by atoms with Gasteiger partial charge in [-0.2, -0.15) is 0 Å². The van der Waals surface area contributed by atoms with Crippen molar-refractivity contribution in [3.63, 3.8) is 0 Å². The molecule has 0 amide bonds. The van der Waals surface area contributed by atoms with Gasteiger partial charge >= 0.3 is 0 Å². The SMILES string of the molecule is Cc1cc(N2CCC3(CCC[C@H]3N)CC2)[c]nc1-c1cccc(Cl)c1Cl. The number of anilines is 1. The van der Waals surface area contributed by atoms with Crippen LogP contribution in [-0.2, 0) is 0 Å². The number of piperidine rings is 1. The minimum Gasteiger partial charge on any atom is -0.370 e. The largest absolute Gasteiger partial charge is 0.370 e. The third-order valence-corrected chi connectivity index (χ3v) is 7.11. The van der Waals surface area contributed by atoms with Crippen LogP contribution in [-0.4, -0.2) is 24.1 Å². The quantitative estimate of drug-likeness (QED) is 0.762. The molecule has 5 heteroatoms. The Kier molecular flexibility index (Phi) is 4.89. The van der Waals surface area contributed by atoms with Gasteiger partial charge in [0, 0.05) is 24.7 Å². The molecule has 137 valence electrons. The van der Waals surface area contributed by atoms with Crippen LogP contribution in [0, 0.1) is 18.5 Å². The number of aryl methyl sites for hydroxylation is 1. The number of benzene rings is 1. The molecule has 2 aliphatic rings. The molecule has 0 bridgehead atoms. The van der Waals surface area contributed by atoms with E-state index in [0.717, 1.165) is 35.6 Å². The molecule has 2 N–H and O–H groups in total. The predicted octanol–water partition coefficient (Wildman–Crippen LogP) is 5.26. The summed E-state index contributed by atoms with van der Waals surface area (Å²) in [5, 5.41) is 1.09. The maximum absolute atomic E-state index is 6.40. The molecule has 2 fully saturated rings. The van der Waals surface area contributed by atoms with Crippen LogP contribution >= 0.6 is 23.2 Å². The van der Waals surface area contributed by atoms with Crippen molar-refractivity contribution in [3.05, 3.63) is 46.1 Å². The molecule has 1 spiro atoms. The second-order valence-corrected chi connectivity index (χ2v) is 8.52. The van der Waals surface area contributed by atoms with Gasteiger partial charge in [0.2, 0.25) is 0 Å². The van der Waals surface area contributed by atoms with Crippen LogP contribution in [0.2, 0.25) is 10.0 Å². The number of aromatic nitrogens is 1. The van der Waals surface area contributed by atoms with E-state index in [1.54, 1.807) is 6.07 Å². The predicted molar refractivity (Wildman–Crippen MR) is 109 cm³/mol. The molecular weight excluding hydrogens is 365 g/mol. The normalized spacial score (nSPS) is 22.2. The summed E-state index contributed by atoms with van der Waals surface area (Å²) in [4.78, 5) is 6.98. The molecule has 1 saturated carbocycles. The Morgan fingerprint density at radius 2 is 2.00 bits per heavy atom. The van der Waals surface area contributed by atoms with Crippen LogP contribution in [0.25, 0.3) is 11.3 Å². The Bertz CT molecular complexity index is 813. The molecule has 1 aromatic heterocycles. The van der Waals surface area contributed by atoms with Gasteiger partial charge in [-0.15, -0.1) is 0 Å². The van der Waals surface area contributed by atoms with Crippen molar-refractivity contribution in [1.82, 2.24) is 4.98 Å². The van der Waals surface area contributed by atoms with Crippen LogP contribution in [0.15, 0.2) is 24.3 Å². The first-order chi connectivity index (χ1) is 12.5. The maximum atomic E-state index is 6.40. The summed E-state index contributed by atoms with van der Waals surface area (Å²) < 4.78 is 0. The van der Waals surface area contributed by atoms with Crippen molar-refractivity contribution in [1.29, 1.82) is 0 Å². The van der Waals surface area contributed by atoms with Crippen LogP contribution in [0.5, 0.6) is 0 Å². The number of nitrogens with two attached hydrogens (primary N) is 1. The van der Waals surface area contributed by atoms with E-state index in [4.69, 9.17) is 28.9 Å². The van der Waals surface area contributed by atoms with Gasteiger partial charge in [0.15, 0.2) is 0 Å². The van der Waals surface area contributed by atoms with Crippen molar-refractivity contribution in [2.45, 2.75) is 45.1 Å². The highest BCUT2D eigenvalue weighted by Crippen LogP contribution is 2.46. The number of hydrogen-bond acceptors (Lipinski definition) is 3. The fourth-order valence-corrected chi connectivity index (χ4v) is 5.00. The van der Waals surface area contributed by atoms with Gasteiger partial charge in [-0.05, 0) is 55.7 Å². The summed E-state index contributed by atoms with van der Waals surface area (Å²) in [5.41, 5.74) is 10.6. The maximum Gasteiger partial charge on any atom is 0.115 e. The minimum absolute atomic E-state index is 0.368. The summed E-state index contributed by atoms with van der Waals surface area (Å²) in [6, 6.07) is 8.17. The van der Waals surface area contributed by atoms with E-state index in [2.05, 4.69) is 29.1 Å². The molecule has 3 nitrogen and oxygen atoms in total. The van der Waals surface area contributed by atoms with Gasteiger partial charge < -0.3 is 10.6 Å². The Labute approximate surface area is 165 Å². The monoisotopic (exact) mass is 388 g/mol. The smallest absolute Gasteiger partial charge is 0.115 e. The number of rotatable bonds is 2. The lowest BCUT2D eigenvalue weighted by atomic mass is 9.74. The topological polar surface area (TPSA) is 42.1 Å². The highest BCUT2D eigenvalue weighted by molar-refractivity contribution is 6.43. The van der Waals surface area contributed by atoms with Crippen molar-refractivity contribution in [3.8, 4) is 11.3 Å². The van der Waals surface area contributed by atoms with Crippen LogP contribution in [0.3, 0.4) is 0 Å². The number of pyridine rings is 1. The lowest BCUT2D eigenvalue weighted by Crippen LogP contribution is -2.47. The van der Waals surface area contributed by atoms with Crippen molar-refractivity contribution in [2.75, 3.05) is 18.0 Å². The van der Waals surface area contributed by atoms with E-state index in [1.165, 1.54) is 32.1 Å². The first kappa shape index (κ1) is 18.1. The summed E-state index contributed by atoms with van der Waals surface area (Å²) >= 11 is 12.5. The van der Waals surface area contributed by atoms with Gasteiger partial charge in [-0.1, -0.05) is 41.8 Å². The van der Waals surface area contributed by atoms with Gasteiger partial charge in [-0.3, -0.25) is 0 Å². The number of halogens is 2. The fraction of sp³-hybridized carbons (Fsp3) is 0.476. The zero-order valence-corrected chi connectivity index (χ0v) is 16.6. The van der Waals surface area contributed by atoms with Gasteiger partial charge in [0.1, 0.15) is 6.20 Å². The van der Waals surface area contributed by atoms with E-state index in [9.17, 15) is 0 Å². The summed E-state index contributed by atoms with van der Waals surface area (Å²) in [5.74, 6) is 0. The Balaban J connectivity index is 1.55. The van der Waals surface area contributed by atoms with E-state index < -0.39 is 0 Å². The van der Waals surface area contributed by atoms with Crippen LogP contribution < -0.4 is 10.6 Å². The molecule has 2 aromatic rings. The molecule has 26 heavy (non-hydrogen) atoms. The molecule has 1 aliphatic heterocycles. The van der Waals surface area contributed by atoms with E-state index in [1.807, 2.05) is 12.1 Å². The average molecular weight is 389 g/mol. The molecule has 0 unspecified atom stereocenters. The molecule has 1 atom stereocenters. The lowest BCUT2D eigenvalue weighted by molar-refractivity contribution is 0.198. The van der Waals surface area contributed by atoms with Gasteiger partial charge in [0.25, 0.3) is 0 Å². The molecule has 4 rings (SSSR count). The summed E-state index contributed by atoms with van der Waals surface area (Å²) in [6.45, 7) is 4.13. The van der Waals surface area contributed by atoms with Gasteiger partial charge in [-0.25, -0.2) is 4.98 Å². The first-order valence-corrected chi connectivity index (χ1v) is 10.1. The second-order valence-electron chi connectivity index (χ2n) is 7.73. The highest BCUT2D eigenvalue weighted by atomic mass is 35.5. The fourth-order valence-electron chi connectivity index (χ4n) is 4.61. The Hall–Kier alpha value is -1.29. The third-order valence-electron chi connectivity index (χ3n) is 6.29.